The summed E-state index contributed by atoms with van der Waals surface area (Å²) in [7, 11) is 0. The summed E-state index contributed by atoms with van der Waals surface area (Å²) in [4.78, 5) is 12.1. The van der Waals surface area contributed by atoms with Gasteiger partial charge >= 0.3 is 0 Å². The Morgan fingerprint density at radius 1 is 1.24 bits per heavy atom. The standard InChI is InChI=1S/C21H20BrClN4O2/c1-13-9-16(22)10-14(2)20(13)29-12-19(28)25-24-11-18-15(3)26-27(21(18)23)17-7-5-4-6-8-17/h4-11H,12H2,1-3H3,(H,25,28). The molecule has 0 bridgehead atoms. The number of amides is 1. The molecule has 0 aliphatic carbocycles. The molecule has 29 heavy (non-hydrogen) atoms. The lowest BCUT2D eigenvalue weighted by Crippen LogP contribution is -2.25. The van der Waals surface area contributed by atoms with Crippen LogP contribution in [0.4, 0.5) is 0 Å². The molecule has 0 spiro atoms. The maximum Gasteiger partial charge on any atom is 0.277 e. The maximum atomic E-state index is 12.1. The van der Waals surface area contributed by atoms with E-state index in [1.165, 1.54) is 6.21 Å². The van der Waals surface area contributed by atoms with Crippen molar-refractivity contribution in [3.8, 4) is 11.4 Å². The van der Waals surface area contributed by atoms with Crippen LogP contribution in [0.5, 0.6) is 5.75 Å². The number of ether oxygens (including phenoxy) is 1. The van der Waals surface area contributed by atoms with Gasteiger partial charge in [-0.3, -0.25) is 4.79 Å². The van der Waals surface area contributed by atoms with Crippen molar-refractivity contribution in [1.82, 2.24) is 15.2 Å². The first-order valence-corrected chi connectivity index (χ1v) is 10.1. The van der Waals surface area contributed by atoms with Gasteiger partial charge in [0, 0.05) is 4.47 Å². The average Bonchev–Trinajstić information content (AvgIpc) is 2.96. The van der Waals surface area contributed by atoms with Gasteiger partial charge in [0.2, 0.25) is 0 Å². The molecule has 0 saturated carbocycles. The fourth-order valence-electron chi connectivity index (χ4n) is 2.86. The molecule has 0 aliphatic rings. The highest BCUT2D eigenvalue weighted by molar-refractivity contribution is 9.10. The highest BCUT2D eigenvalue weighted by atomic mass is 79.9. The summed E-state index contributed by atoms with van der Waals surface area (Å²) in [5.41, 5.74) is 6.54. The molecule has 0 atom stereocenters. The zero-order valence-electron chi connectivity index (χ0n) is 16.2. The van der Waals surface area contributed by atoms with Crippen molar-refractivity contribution in [2.75, 3.05) is 6.61 Å². The fourth-order valence-corrected chi connectivity index (χ4v) is 3.87. The van der Waals surface area contributed by atoms with E-state index in [9.17, 15) is 4.79 Å². The van der Waals surface area contributed by atoms with Crippen LogP contribution in [-0.2, 0) is 4.79 Å². The number of halogens is 2. The third kappa shape index (κ3) is 5.05. The number of benzene rings is 2. The summed E-state index contributed by atoms with van der Waals surface area (Å²) in [6.07, 6.45) is 1.48. The fraction of sp³-hybridized carbons (Fsp3) is 0.190. The molecule has 0 fully saturated rings. The predicted octanol–water partition coefficient (Wildman–Crippen LogP) is 4.74. The van der Waals surface area contributed by atoms with Crippen LogP contribution >= 0.6 is 27.5 Å². The summed E-state index contributed by atoms with van der Waals surface area (Å²) >= 11 is 9.88. The highest BCUT2D eigenvalue weighted by Gasteiger charge is 2.13. The molecular weight excluding hydrogens is 456 g/mol. The van der Waals surface area contributed by atoms with Gasteiger partial charge in [-0.1, -0.05) is 45.7 Å². The van der Waals surface area contributed by atoms with E-state index in [0.29, 0.717) is 22.2 Å². The number of carbonyl (C=O) groups excluding carboxylic acids is 1. The summed E-state index contributed by atoms with van der Waals surface area (Å²) in [6.45, 7) is 5.55. The van der Waals surface area contributed by atoms with Crippen molar-refractivity contribution in [3.63, 3.8) is 0 Å². The molecule has 1 aromatic heterocycles. The van der Waals surface area contributed by atoms with E-state index in [-0.39, 0.29) is 12.5 Å². The summed E-state index contributed by atoms with van der Waals surface area (Å²) in [5.74, 6) is 0.322. The minimum Gasteiger partial charge on any atom is -0.483 e. The smallest absolute Gasteiger partial charge is 0.277 e. The predicted molar refractivity (Wildman–Crippen MR) is 118 cm³/mol. The summed E-state index contributed by atoms with van der Waals surface area (Å²) in [5, 5.41) is 8.84. The third-order valence-corrected chi connectivity index (χ3v) is 5.03. The maximum absolute atomic E-state index is 12.1. The lowest BCUT2D eigenvalue weighted by atomic mass is 10.1. The van der Waals surface area contributed by atoms with E-state index < -0.39 is 0 Å². The molecular formula is C21H20BrClN4O2. The number of carbonyl (C=O) groups is 1. The van der Waals surface area contributed by atoms with Crippen LogP contribution in [0, 0.1) is 20.8 Å². The van der Waals surface area contributed by atoms with Gasteiger partial charge < -0.3 is 4.74 Å². The van der Waals surface area contributed by atoms with Crippen molar-refractivity contribution in [1.29, 1.82) is 0 Å². The Kier molecular flexibility index (Phi) is 6.71. The van der Waals surface area contributed by atoms with Gasteiger partial charge in [0.25, 0.3) is 5.91 Å². The van der Waals surface area contributed by atoms with Crippen LogP contribution in [0.3, 0.4) is 0 Å². The van der Waals surface area contributed by atoms with E-state index in [1.54, 1.807) is 4.68 Å². The van der Waals surface area contributed by atoms with Crippen molar-refractivity contribution in [3.05, 3.63) is 74.5 Å². The Morgan fingerprint density at radius 2 is 1.90 bits per heavy atom. The monoisotopic (exact) mass is 474 g/mol. The number of nitrogens with one attached hydrogen (secondary N) is 1. The number of hydrazone groups is 1. The first-order valence-electron chi connectivity index (χ1n) is 8.89. The highest BCUT2D eigenvalue weighted by Crippen LogP contribution is 2.27. The van der Waals surface area contributed by atoms with Crippen molar-refractivity contribution in [2.45, 2.75) is 20.8 Å². The molecule has 2 aromatic carbocycles. The van der Waals surface area contributed by atoms with Gasteiger partial charge in [-0.05, 0) is 56.2 Å². The molecule has 0 unspecified atom stereocenters. The SMILES string of the molecule is Cc1cc(Br)cc(C)c1OCC(=O)NN=Cc1c(C)nn(-c2ccccc2)c1Cl. The van der Waals surface area contributed by atoms with Crippen LogP contribution in [0.1, 0.15) is 22.4 Å². The molecule has 1 heterocycles. The Morgan fingerprint density at radius 3 is 2.55 bits per heavy atom. The molecule has 1 N–H and O–H groups in total. The Hall–Kier alpha value is -2.64. The van der Waals surface area contributed by atoms with Gasteiger partial charge in [0.1, 0.15) is 10.9 Å². The Labute approximate surface area is 182 Å². The van der Waals surface area contributed by atoms with E-state index in [1.807, 2.05) is 63.2 Å². The zero-order chi connectivity index (χ0) is 21.0. The van der Waals surface area contributed by atoms with Crippen molar-refractivity contribution < 1.29 is 9.53 Å². The minimum atomic E-state index is -0.368. The largest absolute Gasteiger partial charge is 0.483 e. The van der Waals surface area contributed by atoms with E-state index in [2.05, 4.69) is 31.6 Å². The molecule has 0 radical (unpaired) electrons. The number of nitrogens with zero attached hydrogens (tertiary/aromatic N) is 3. The van der Waals surface area contributed by atoms with Crippen molar-refractivity contribution in [2.24, 2.45) is 5.10 Å². The van der Waals surface area contributed by atoms with Gasteiger partial charge in [0.05, 0.1) is 23.2 Å². The lowest BCUT2D eigenvalue weighted by molar-refractivity contribution is -0.123. The van der Waals surface area contributed by atoms with Crippen LogP contribution in [-0.4, -0.2) is 28.5 Å². The normalized spacial score (nSPS) is 11.1. The number of aromatic nitrogens is 2. The van der Waals surface area contributed by atoms with E-state index in [4.69, 9.17) is 16.3 Å². The summed E-state index contributed by atoms with van der Waals surface area (Å²) < 4.78 is 8.24. The third-order valence-electron chi connectivity index (χ3n) is 4.20. The van der Waals surface area contributed by atoms with Crippen LogP contribution in [0.2, 0.25) is 5.15 Å². The molecule has 8 heteroatoms. The molecule has 3 rings (SSSR count). The number of hydrogen-bond acceptors (Lipinski definition) is 4. The first-order chi connectivity index (χ1) is 13.9. The zero-order valence-corrected chi connectivity index (χ0v) is 18.6. The quantitative estimate of drug-likeness (QED) is 0.413. The van der Waals surface area contributed by atoms with Crippen LogP contribution < -0.4 is 10.2 Å². The molecule has 6 nitrogen and oxygen atoms in total. The first kappa shape index (κ1) is 21.1. The van der Waals surface area contributed by atoms with Gasteiger partial charge in [0.15, 0.2) is 6.61 Å². The molecule has 1 amide bonds. The molecule has 0 aliphatic heterocycles. The Balaban J connectivity index is 1.63. The number of hydrogen-bond donors (Lipinski definition) is 1. The van der Waals surface area contributed by atoms with Crippen LogP contribution in [0.15, 0.2) is 52.0 Å². The van der Waals surface area contributed by atoms with Gasteiger partial charge in [-0.15, -0.1) is 0 Å². The average molecular weight is 476 g/mol. The van der Waals surface area contributed by atoms with E-state index >= 15 is 0 Å². The van der Waals surface area contributed by atoms with Gasteiger partial charge in [-0.25, -0.2) is 10.1 Å². The number of aryl methyl sites for hydroxylation is 3. The Bertz CT molecular complexity index is 1040. The molecule has 3 aromatic rings. The second-order valence-corrected chi connectivity index (χ2v) is 7.76. The van der Waals surface area contributed by atoms with Crippen LogP contribution in [0.25, 0.3) is 5.69 Å². The second-order valence-electron chi connectivity index (χ2n) is 6.49. The number of para-hydroxylation sites is 1. The minimum absolute atomic E-state index is 0.142. The molecule has 150 valence electrons. The van der Waals surface area contributed by atoms with E-state index in [0.717, 1.165) is 21.3 Å². The lowest BCUT2D eigenvalue weighted by Gasteiger charge is -2.11. The topological polar surface area (TPSA) is 68.5 Å². The number of rotatable bonds is 6. The van der Waals surface area contributed by atoms with Crippen molar-refractivity contribution >= 4 is 39.7 Å². The van der Waals surface area contributed by atoms with Gasteiger partial charge in [-0.2, -0.15) is 10.2 Å². The summed E-state index contributed by atoms with van der Waals surface area (Å²) in [6, 6.07) is 13.4. The molecule has 0 saturated heterocycles. The second kappa shape index (κ2) is 9.24.